The topological polar surface area (TPSA) is 68.0 Å². The molecule has 2 heterocycles. The molecule has 0 unspecified atom stereocenters. The number of hydrogen-bond acceptors (Lipinski definition) is 6. The number of anilines is 2. The quantitative estimate of drug-likeness (QED) is 0.545. The van der Waals surface area contributed by atoms with E-state index >= 15 is 0 Å². The molecule has 156 valence electrons. The van der Waals surface area contributed by atoms with Crippen LogP contribution in [0, 0.1) is 5.92 Å². The SMILES string of the molecule is CCOC(=O)CN1CCC(OCCC2CCN(c3ccc(N)cc3)CC2)CC1. The highest BCUT2D eigenvalue weighted by molar-refractivity contribution is 5.71. The molecule has 6 nitrogen and oxygen atoms in total. The largest absolute Gasteiger partial charge is 0.465 e. The molecule has 0 amide bonds. The summed E-state index contributed by atoms with van der Waals surface area (Å²) in [4.78, 5) is 16.2. The average Bonchev–Trinajstić information content (AvgIpc) is 2.71. The minimum atomic E-state index is -0.118. The van der Waals surface area contributed by atoms with Crippen LogP contribution < -0.4 is 10.6 Å². The molecule has 2 fully saturated rings. The van der Waals surface area contributed by atoms with Gasteiger partial charge in [-0.3, -0.25) is 9.69 Å². The zero-order valence-corrected chi connectivity index (χ0v) is 17.1. The fourth-order valence-corrected chi connectivity index (χ4v) is 4.19. The van der Waals surface area contributed by atoms with Crippen molar-refractivity contribution in [2.75, 3.05) is 56.6 Å². The van der Waals surface area contributed by atoms with Crippen molar-refractivity contribution in [3.8, 4) is 0 Å². The van der Waals surface area contributed by atoms with Crippen LogP contribution in [0.25, 0.3) is 0 Å². The summed E-state index contributed by atoms with van der Waals surface area (Å²) in [6, 6.07) is 8.20. The van der Waals surface area contributed by atoms with Crippen molar-refractivity contribution in [2.45, 2.75) is 45.1 Å². The van der Waals surface area contributed by atoms with Crippen molar-refractivity contribution in [3.05, 3.63) is 24.3 Å². The Hall–Kier alpha value is -1.79. The summed E-state index contributed by atoms with van der Waals surface area (Å²) < 4.78 is 11.2. The molecule has 28 heavy (non-hydrogen) atoms. The summed E-state index contributed by atoms with van der Waals surface area (Å²) in [7, 11) is 0. The van der Waals surface area contributed by atoms with Crippen LogP contribution in [0.2, 0.25) is 0 Å². The number of ether oxygens (including phenoxy) is 2. The molecule has 1 aromatic carbocycles. The Morgan fingerprint density at radius 3 is 2.39 bits per heavy atom. The molecular weight excluding hydrogens is 354 g/mol. The Bertz CT molecular complexity index is 592. The van der Waals surface area contributed by atoms with Crippen LogP contribution in [0.5, 0.6) is 0 Å². The van der Waals surface area contributed by atoms with E-state index in [4.69, 9.17) is 15.2 Å². The van der Waals surface area contributed by atoms with E-state index in [2.05, 4.69) is 21.9 Å². The number of nitrogens with zero attached hydrogens (tertiary/aromatic N) is 2. The summed E-state index contributed by atoms with van der Waals surface area (Å²) in [5, 5.41) is 0. The van der Waals surface area contributed by atoms with Gasteiger partial charge in [0, 0.05) is 44.2 Å². The Morgan fingerprint density at radius 1 is 1.07 bits per heavy atom. The number of esters is 1. The molecule has 0 spiro atoms. The molecule has 3 rings (SSSR count). The first-order valence-corrected chi connectivity index (χ1v) is 10.7. The number of piperidine rings is 2. The maximum atomic E-state index is 11.6. The van der Waals surface area contributed by atoms with Crippen molar-refractivity contribution in [2.24, 2.45) is 5.92 Å². The molecule has 0 aliphatic carbocycles. The highest BCUT2D eigenvalue weighted by atomic mass is 16.5. The highest BCUT2D eigenvalue weighted by Gasteiger charge is 2.23. The van der Waals surface area contributed by atoms with E-state index in [0.717, 1.165) is 63.7 Å². The van der Waals surface area contributed by atoms with Gasteiger partial charge in [-0.1, -0.05) is 0 Å². The van der Waals surface area contributed by atoms with Crippen molar-refractivity contribution >= 4 is 17.3 Å². The molecule has 0 radical (unpaired) electrons. The first-order valence-electron chi connectivity index (χ1n) is 10.7. The molecule has 2 saturated heterocycles. The number of rotatable bonds is 8. The van der Waals surface area contributed by atoms with Crippen LogP contribution in [0.15, 0.2) is 24.3 Å². The number of carbonyl (C=O) groups is 1. The van der Waals surface area contributed by atoms with E-state index in [9.17, 15) is 4.79 Å². The summed E-state index contributed by atoms with van der Waals surface area (Å²) in [6.07, 6.45) is 5.97. The summed E-state index contributed by atoms with van der Waals surface area (Å²) in [5.41, 5.74) is 7.88. The lowest BCUT2D eigenvalue weighted by atomic mass is 9.93. The van der Waals surface area contributed by atoms with Crippen LogP contribution in [-0.4, -0.2) is 62.9 Å². The zero-order valence-electron chi connectivity index (χ0n) is 17.1. The molecule has 0 saturated carbocycles. The third-order valence-electron chi connectivity index (χ3n) is 5.95. The van der Waals surface area contributed by atoms with E-state index in [1.807, 2.05) is 19.1 Å². The highest BCUT2D eigenvalue weighted by Crippen LogP contribution is 2.26. The number of nitrogens with two attached hydrogens (primary N) is 1. The molecule has 0 bridgehead atoms. The summed E-state index contributed by atoms with van der Waals surface area (Å²) in [5.74, 6) is 0.640. The normalized spacial score (nSPS) is 19.7. The molecule has 0 aromatic heterocycles. The Balaban J connectivity index is 1.27. The van der Waals surface area contributed by atoms with Crippen molar-refractivity contribution in [1.82, 2.24) is 4.90 Å². The Labute approximate surface area is 169 Å². The number of hydrogen-bond donors (Lipinski definition) is 1. The maximum Gasteiger partial charge on any atom is 0.320 e. The number of benzene rings is 1. The number of nitrogen functional groups attached to an aromatic ring is 1. The predicted molar refractivity (Wildman–Crippen MR) is 112 cm³/mol. The van der Waals surface area contributed by atoms with Crippen molar-refractivity contribution in [3.63, 3.8) is 0 Å². The van der Waals surface area contributed by atoms with Gasteiger partial charge in [-0.25, -0.2) is 0 Å². The lowest BCUT2D eigenvalue weighted by Gasteiger charge is -2.34. The van der Waals surface area contributed by atoms with Gasteiger partial charge in [-0.2, -0.15) is 0 Å². The molecule has 2 aliphatic heterocycles. The van der Waals surface area contributed by atoms with Crippen LogP contribution in [-0.2, 0) is 14.3 Å². The van der Waals surface area contributed by atoms with Crippen LogP contribution in [0.3, 0.4) is 0 Å². The lowest BCUT2D eigenvalue weighted by Crippen LogP contribution is -2.40. The van der Waals surface area contributed by atoms with E-state index in [1.54, 1.807) is 0 Å². The first kappa shape index (κ1) is 20.9. The Morgan fingerprint density at radius 2 is 1.75 bits per heavy atom. The first-order chi connectivity index (χ1) is 13.6. The molecular formula is C22H35N3O3. The van der Waals surface area contributed by atoms with Gasteiger partial charge in [-0.05, 0) is 69.2 Å². The standard InChI is InChI=1S/C22H35N3O3/c1-2-27-22(26)17-24-12-9-21(10-13-24)28-16-11-18-7-14-25(15-8-18)20-5-3-19(23)4-6-20/h3-6,18,21H,2,7-17,23H2,1H3. The van der Waals surface area contributed by atoms with Gasteiger partial charge < -0.3 is 20.1 Å². The van der Waals surface area contributed by atoms with E-state index in [-0.39, 0.29) is 5.97 Å². The third kappa shape index (κ3) is 6.38. The summed E-state index contributed by atoms with van der Waals surface area (Å²) in [6.45, 7) is 7.63. The zero-order chi connectivity index (χ0) is 19.8. The van der Waals surface area contributed by atoms with Crippen molar-refractivity contribution in [1.29, 1.82) is 0 Å². The van der Waals surface area contributed by atoms with E-state index < -0.39 is 0 Å². The van der Waals surface area contributed by atoms with Gasteiger partial charge >= 0.3 is 5.97 Å². The van der Waals surface area contributed by atoms with Gasteiger partial charge in [0.05, 0.1) is 19.3 Å². The molecule has 6 heteroatoms. The van der Waals surface area contributed by atoms with Gasteiger partial charge in [0.25, 0.3) is 0 Å². The van der Waals surface area contributed by atoms with Crippen LogP contribution in [0.4, 0.5) is 11.4 Å². The minimum Gasteiger partial charge on any atom is -0.465 e. The number of likely N-dealkylation sites (tertiary alicyclic amines) is 1. The van der Waals surface area contributed by atoms with E-state index in [0.29, 0.717) is 19.3 Å². The Kier molecular flexibility index (Phi) is 7.98. The van der Waals surface area contributed by atoms with Gasteiger partial charge in [0.2, 0.25) is 0 Å². The molecule has 2 aliphatic rings. The predicted octanol–water partition coefficient (Wildman–Crippen LogP) is 2.92. The van der Waals surface area contributed by atoms with Crippen LogP contribution in [0.1, 0.15) is 39.0 Å². The summed E-state index contributed by atoms with van der Waals surface area (Å²) >= 11 is 0. The second-order valence-electron chi connectivity index (χ2n) is 7.96. The smallest absolute Gasteiger partial charge is 0.320 e. The fraction of sp³-hybridized carbons (Fsp3) is 0.682. The van der Waals surface area contributed by atoms with Gasteiger partial charge in [0.1, 0.15) is 0 Å². The lowest BCUT2D eigenvalue weighted by molar-refractivity contribution is -0.145. The average molecular weight is 390 g/mol. The minimum absolute atomic E-state index is 0.118. The van der Waals surface area contributed by atoms with Gasteiger partial charge in [0.15, 0.2) is 0 Å². The maximum absolute atomic E-state index is 11.6. The van der Waals surface area contributed by atoms with E-state index in [1.165, 1.54) is 18.5 Å². The second kappa shape index (κ2) is 10.7. The molecule has 0 atom stereocenters. The molecule has 1 aromatic rings. The molecule has 2 N–H and O–H groups in total. The van der Waals surface area contributed by atoms with Gasteiger partial charge in [-0.15, -0.1) is 0 Å². The monoisotopic (exact) mass is 389 g/mol. The third-order valence-corrected chi connectivity index (χ3v) is 5.95. The fourth-order valence-electron chi connectivity index (χ4n) is 4.19. The number of carbonyl (C=O) groups excluding carboxylic acids is 1. The van der Waals surface area contributed by atoms with Crippen LogP contribution >= 0.6 is 0 Å². The van der Waals surface area contributed by atoms with Crippen molar-refractivity contribution < 1.29 is 14.3 Å². The second-order valence-corrected chi connectivity index (χ2v) is 7.96.